The van der Waals surface area contributed by atoms with Crippen LogP contribution in [-0.2, 0) is 11.2 Å². The molecule has 1 aromatic carbocycles. The van der Waals surface area contributed by atoms with Gasteiger partial charge in [-0.15, -0.1) is 0 Å². The first-order valence-corrected chi connectivity index (χ1v) is 9.29. The van der Waals surface area contributed by atoms with Crippen molar-refractivity contribution in [2.24, 2.45) is 17.6 Å². The zero-order chi connectivity index (χ0) is 18.2. The van der Waals surface area contributed by atoms with Crippen molar-refractivity contribution in [1.29, 1.82) is 0 Å². The van der Waals surface area contributed by atoms with E-state index in [1.54, 1.807) is 7.11 Å². The molecule has 3 unspecified atom stereocenters. The molecule has 1 saturated carbocycles. The normalized spacial score (nSPS) is 19.2. The van der Waals surface area contributed by atoms with E-state index in [9.17, 15) is 15.0 Å². The topological polar surface area (TPSA) is 92.8 Å². The number of rotatable bonds is 9. The molecule has 0 bridgehead atoms. The van der Waals surface area contributed by atoms with E-state index >= 15 is 0 Å². The second kappa shape index (κ2) is 9.78. The second-order valence-corrected chi connectivity index (χ2v) is 7.29. The number of aliphatic hydroxyl groups excluding tert-OH is 1. The van der Waals surface area contributed by atoms with Gasteiger partial charge in [-0.3, -0.25) is 4.79 Å². The van der Waals surface area contributed by atoms with Crippen LogP contribution in [0.5, 0.6) is 5.75 Å². The Hall–Kier alpha value is -1.59. The molecule has 2 rings (SSSR count). The maximum Gasteiger partial charge on any atom is 0.306 e. The number of hydrogen-bond donors (Lipinski definition) is 3. The van der Waals surface area contributed by atoms with Gasteiger partial charge in [0.1, 0.15) is 5.75 Å². The number of carboxylic acids is 1. The van der Waals surface area contributed by atoms with Crippen LogP contribution in [0.4, 0.5) is 0 Å². The summed E-state index contributed by atoms with van der Waals surface area (Å²) in [6.07, 6.45) is 6.70. The Labute approximate surface area is 150 Å². The Morgan fingerprint density at radius 1 is 1.24 bits per heavy atom. The van der Waals surface area contributed by atoms with Crippen LogP contribution in [0, 0.1) is 11.8 Å². The minimum absolute atomic E-state index is 0.190. The van der Waals surface area contributed by atoms with Gasteiger partial charge in [-0.05, 0) is 42.9 Å². The van der Waals surface area contributed by atoms with Gasteiger partial charge < -0.3 is 20.7 Å². The van der Waals surface area contributed by atoms with E-state index in [4.69, 9.17) is 10.5 Å². The Bertz CT molecular complexity index is 525. The molecule has 140 valence electrons. The van der Waals surface area contributed by atoms with Gasteiger partial charge in [0.25, 0.3) is 0 Å². The Morgan fingerprint density at radius 3 is 2.44 bits per heavy atom. The van der Waals surface area contributed by atoms with Gasteiger partial charge in [-0.25, -0.2) is 0 Å². The first-order chi connectivity index (χ1) is 12.0. The quantitative estimate of drug-likeness (QED) is 0.637. The molecule has 0 aliphatic heterocycles. The number of carboxylic acid groups (broad SMARTS) is 1. The van der Waals surface area contributed by atoms with Crippen molar-refractivity contribution in [3.8, 4) is 5.75 Å². The van der Waals surface area contributed by atoms with Crippen LogP contribution in [0.1, 0.15) is 50.5 Å². The molecule has 0 saturated heterocycles. The number of hydrogen-bond acceptors (Lipinski definition) is 4. The molecule has 0 radical (unpaired) electrons. The van der Waals surface area contributed by atoms with E-state index in [2.05, 4.69) is 0 Å². The highest BCUT2D eigenvalue weighted by atomic mass is 16.5. The third kappa shape index (κ3) is 6.33. The van der Waals surface area contributed by atoms with Crippen molar-refractivity contribution in [3.05, 3.63) is 29.8 Å². The van der Waals surface area contributed by atoms with Gasteiger partial charge in [0, 0.05) is 6.04 Å². The number of benzene rings is 1. The standard InChI is InChI=1S/C20H31NO4/c1-25-17-9-7-15(8-10-17)11-16(20(23)24)13-19(22)18(21)12-14-5-3-2-4-6-14/h7-10,14,16,18-19,22H,2-6,11-13,21H2,1H3,(H,23,24). The highest BCUT2D eigenvalue weighted by molar-refractivity contribution is 5.70. The zero-order valence-electron chi connectivity index (χ0n) is 15.1. The molecule has 5 nitrogen and oxygen atoms in total. The predicted molar refractivity (Wildman–Crippen MR) is 97.6 cm³/mol. The molecule has 3 atom stereocenters. The average Bonchev–Trinajstić information content (AvgIpc) is 2.62. The van der Waals surface area contributed by atoms with E-state index < -0.39 is 18.0 Å². The van der Waals surface area contributed by atoms with Gasteiger partial charge >= 0.3 is 5.97 Å². The predicted octanol–water partition coefficient (Wildman–Crippen LogP) is 2.99. The molecule has 0 amide bonds. The van der Waals surface area contributed by atoms with E-state index in [0.29, 0.717) is 12.3 Å². The van der Waals surface area contributed by atoms with Crippen molar-refractivity contribution in [1.82, 2.24) is 0 Å². The summed E-state index contributed by atoms with van der Waals surface area (Å²) >= 11 is 0. The van der Waals surface area contributed by atoms with Crippen molar-refractivity contribution in [2.45, 2.75) is 63.5 Å². The van der Waals surface area contributed by atoms with Gasteiger partial charge in [0.15, 0.2) is 0 Å². The first-order valence-electron chi connectivity index (χ1n) is 9.29. The van der Waals surface area contributed by atoms with Gasteiger partial charge in [-0.2, -0.15) is 0 Å². The number of nitrogens with two attached hydrogens (primary N) is 1. The monoisotopic (exact) mass is 349 g/mol. The minimum Gasteiger partial charge on any atom is -0.497 e. The van der Waals surface area contributed by atoms with Crippen molar-refractivity contribution in [3.63, 3.8) is 0 Å². The third-order valence-electron chi connectivity index (χ3n) is 5.34. The molecule has 1 fully saturated rings. The number of aliphatic hydroxyl groups is 1. The summed E-state index contributed by atoms with van der Waals surface area (Å²) in [6, 6.07) is 7.02. The summed E-state index contributed by atoms with van der Waals surface area (Å²) < 4.78 is 5.12. The summed E-state index contributed by atoms with van der Waals surface area (Å²) in [5, 5.41) is 19.9. The van der Waals surface area contributed by atoms with E-state index in [-0.39, 0.29) is 12.5 Å². The summed E-state index contributed by atoms with van der Waals surface area (Å²) in [5.41, 5.74) is 7.09. The molecule has 0 spiro atoms. The van der Waals surface area contributed by atoms with Crippen LogP contribution in [0.3, 0.4) is 0 Å². The smallest absolute Gasteiger partial charge is 0.306 e. The molecule has 5 heteroatoms. The van der Waals surface area contributed by atoms with E-state index in [0.717, 1.165) is 17.7 Å². The van der Waals surface area contributed by atoms with Crippen LogP contribution in [0.15, 0.2) is 24.3 Å². The molecule has 0 heterocycles. The Balaban J connectivity index is 1.88. The fraction of sp³-hybridized carbons (Fsp3) is 0.650. The molecule has 0 aromatic heterocycles. The maximum absolute atomic E-state index is 11.6. The summed E-state index contributed by atoms with van der Waals surface area (Å²) in [6.45, 7) is 0. The molecule has 1 aliphatic rings. The SMILES string of the molecule is COc1ccc(CC(CC(O)C(N)CC2CCCCC2)C(=O)O)cc1. The Morgan fingerprint density at radius 2 is 1.88 bits per heavy atom. The fourth-order valence-electron chi connectivity index (χ4n) is 3.75. The summed E-state index contributed by atoms with van der Waals surface area (Å²) in [7, 11) is 1.60. The zero-order valence-corrected chi connectivity index (χ0v) is 15.1. The maximum atomic E-state index is 11.6. The third-order valence-corrected chi connectivity index (χ3v) is 5.34. The van der Waals surface area contributed by atoms with Gasteiger partial charge in [0.2, 0.25) is 0 Å². The van der Waals surface area contributed by atoms with Crippen LogP contribution in [0.25, 0.3) is 0 Å². The molecule has 1 aromatic rings. The van der Waals surface area contributed by atoms with Crippen molar-refractivity contribution in [2.75, 3.05) is 7.11 Å². The second-order valence-electron chi connectivity index (χ2n) is 7.29. The van der Waals surface area contributed by atoms with Gasteiger partial charge in [0.05, 0.1) is 19.1 Å². The van der Waals surface area contributed by atoms with E-state index in [1.807, 2.05) is 24.3 Å². The molecular formula is C20H31NO4. The van der Waals surface area contributed by atoms with Crippen LogP contribution < -0.4 is 10.5 Å². The minimum atomic E-state index is -0.889. The highest BCUT2D eigenvalue weighted by Crippen LogP contribution is 2.28. The molecule has 25 heavy (non-hydrogen) atoms. The van der Waals surface area contributed by atoms with Crippen LogP contribution in [-0.4, -0.2) is 35.4 Å². The van der Waals surface area contributed by atoms with Crippen molar-refractivity contribution < 1.29 is 19.7 Å². The molecule has 1 aliphatic carbocycles. The summed E-state index contributed by atoms with van der Waals surface area (Å²) in [4.78, 5) is 11.6. The first kappa shape index (κ1) is 19.7. The number of aliphatic carboxylic acids is 1. The lowest BCUT2D eigenvalue weighted by Gasteiger charge is -2.28. The lowest BCUT2D eigenvalue weighted by atomic mass is 9.82. The number of methoxy groups -OCH3 is 1. The van der Waals surface area contributed by atoms with Crippen LogP contribution >= 0.6 is 0 Å². The largest absolute Gasteiger partial charge is 0.497 e. The van der Waals surface area contributed by atoms with Crippen molar-refractivity contribution >= 4 is 5.97 Å². The fourth-order valence-corrected chi connectivity index (χ4v) is 3.75. The Kier molecular flexibility index (Phi) is 7.72. The number of ether oxygens (including phenoxy) is 1. The number of carbonyl (C=O) groups is 1. The van der Waals surface area contributed by atoms with Gasteiger partial charge in [-0.1, -0.05) is 44.2 Å². The van der Waals surface area contributed by atoms with E-state index in [1.165, 1.54) is 32.1 Å². The lowest BCUT2D eigenvalue weighted by molar-refractivity contribution is -0.143. The highest BCUT2D eigenvalue weighted by Gasteiger charge is 2.27. The summed E-state index contributed by atoms with van der Waals surface area (Å²) in [5.74, 6) is -0.214. The van der Waals surface area contributed by atoms with Crippen LogP contribution in [0.2, 0.25) is 0 Å². The molecular weight excluding hydrogens is 318 g/mol. The average molecular weight is 349 g/mol. The lowest BCUT2D eigenvalue weighted by Crippen LogP contribution is -2.39. The molecule has 4 N–H and O–H groups in total.